The van der Waals surface area contributed by atoms with Gasteiger partial charge in [0, 0.05) is 21.2 Å². The van der Waals surface area contributed by atoms with Crippen molar-refractivity contribution in [2.45, 2.75) is 6.61 Å². The number of amidine groups is 1. The van der Waals surface area contributed by atoms with Gasteiger partial charge in [-0.2, -0.15) is 0 Å². The molecule has 0 bridgehead atoms. The number of nitrogens with zero attached hydrogens (tertiary/aromatic N) is 1. The van der Waals surface area contributed by atoms with E-state index >= 15 is 0 Å². The highest BCUT2D eigenvalue weighted by atomic mass is 35.5. The summed E-state index contributed by atoms with van der Waals surface area (Å²) in [6.07, 6.45) is 1.80. The first kappa shape index (κ1) is 20.5. The van der Waals surface area contributed by atoms with E-state index in [0.717, 1.165) is 11.1 Å². The van der Waals surface area contributed by atoms with Crippen molar-refractivity contribution in [3.63, 3.8) is 0 Å². The van der Waals surface area contributed by atoms with Gasteiger partial charge in [0.15, 0.2) is 5.17 Å². The number of halogens is 2. The highest BCUT2D eigenvalue weighted by Crippen LogP contribution is 2.31. The van der Waals surface area contributed by atoms with Crippen molar-refractivity contribution >= 4 is 57.8 Å². The highest BCUT2D eigenvalue weighted by molar-refractivity contribution is 8.18. The zero-order valence-electron chi connectivity index (χ0n) is 15.6. The van der Waals surface area contributed by atoms with Crippen molar-refractivity contribution in [3.8, 4) is 5.75 Å². The van der Waals surface area contributed by atoms with Gasteiger partial charge in [-0.15, -0.1) is 0 Å². The molecule has 1 aliphatic rings. The number of thioether (sulfide) groups is 1. The molecule has 1 saturated heterocycles. The minimum absolute atomic E-state index is 0.200. The maximum atomic E-state index is 12.4. The second-order valence-corrected chi connectivity index (χ2v) is 8.25. The summed E-state index contributed by atoms with van der Waals surface area (Å²) in [4.78, 5) is 17.4. The van der Waals surface area contributed by atoms with E-state index < -0.39 is 0 Å². The Morgan fingerprint density at radius 2 is 1.70 bits per heavy atom. The number of aliphatic imine (C=N–C) groups is 1. The molecule has 1 aliphatic heterocycles. The van der Waals surface area contributed by atoms with E-state index in [0.29, 0.717) is 38.2 Å². The molecule has 1 amide bonds. The lowest BCUT2D eigenvalue weighted by atomic mass is 10.2. The number of nitrogens with one attached hydrogen (secondary N) is 1. The van der Waals surface area contributed by atoms with Crippen LogP contribution in [0.4, 0.5) is 5.69 Å². The number of rotatable bonds is 5. The van der Waals surface area contributed by atoms with Gasteiger partial charge >= 0.3 is 0 Å². The van der Waals surface area contributed by atoms with E-state index in [4.69, 9.17) is 27.9 Å². The van der Waals surface area contributed by atoms with Crippen molar-refractivity contribution in [2.75, 3.05) is 0 Å². The van der Waals surface area contributed by atoms with Gasteiger partial charge < -0.3 is 10.1 Å². The van der Waals surface area contributed by atoms with Crippen molar-refractivity contribution in [2.24, 2.45) is 4.99 Å². The Hall–Kier alpha value is -2.73. The summed E-state index contributed by atoms with van der Waals surface area (Å²) in [6, 6.07) is 22.2. The van der Waals surface area contributed by atoms with Gasteiger partial charge in [0.2, 0.25) is 0 Å². The molecule has 30 heavy (non-hydrogen) atoms. The molecule has 0 aromatic heterocycles. The molecule has 3 aromatic rings. The van der Waals surface area contributed by atoms with Crippen LogP contribution in [0.25, 0.3) is 6.08 Å². The molecular weight excluding hydrogens is 439 g/mol. The fourth-order valence-corrected chi connectivity index (χ4v) is 3.91. The van der Waals surface area contributed by atoms with Gasteiger partial charge in [-0.05, 0) is 54.2 Å². The predicted molar refractivity (Wildman–Crippen MR) is 124 cm³/mol. The maximum absolute atomic E-state index is 12.4. The first-order valence-corrected chi connectivity index (χ1v) is 10.7. The molecule has 0 unspecified atom stereocenters. The third-order valence-electron chi connectivity index (χ3n) is 4.25. The Balaban J connectivity index is 1.52. The van der Waals surface area contributed by atoms with Crippen molar-refractivity contribution < 1.29 is 9.53 Å². The van der Waals surface area contributed by atoms with Crippen LogP contribution in [0.5, 0.6) is 5.75 Å². The minimum atomic E-state index is -0.200. The molecule has 4 nitrogen and oxygen atoms in total. The fraction of sp³-hybridized carbons (Fsp3) is 0.0435. The van der Waals surface area contributed by atoms with E-state index in [9.17, 15) is 4.79 Å². The molecule has 3 aromatic carbocycles. The number of carbonyl (C=O) groups excluding carboxylic acids is 1. The molecule has 0 radical (unpaired) electrons. The Bertz CT molecular complexity index is 1140. The quantitative estimate of drug-likeness (QED) is 0.449. The van der Waals surface area contributed by atoms with Crippen LogP contribution in [0.2, 0.25) is 10.0 Å². The number of hydrogen-bond acceptors (Lipinski definition) is 4. The van der Waals surface area contributed by atoms with Crippen LogP contribution in [0.1, 0.15) is 11.1 Å². The number of benzene rings is 3. The number of hydrogen-bond donors (Lipinski definition) is 1. The van der Waals surface area contributed by atoms with Crippen LogP contribution in [-0.4, -0.2) is 11.1 Å². The molecule has 0 atom stereocenters. The summed E-state index contributed by atoms with van der Waals surface area (Å²) in [7, 11) is 0. The molecule has 1 fully saturated rings. The third-order valence-corrected chi connectivity index (χ3v) is 5.79. The van der Waals surface area contributed by atoms with Crippen molar-refractivity contribution in [3.05, 3.63) is 98.9 Å². The summed E-state index contributed by atoms with van der Waals surface area (Å²) in [6.45, 7) is 0.336. The number of para-hydroxylation sites is 1. The van der Waals surface area contributed by atoms with E-state index in [1.54, 1.807) is 30.3 Å². The van der Waals surface area contributed by atoms with Gasteiger partial charge in [-0.25, -0.2) is 4.99 Å². The lowest BCUT2D eigenvalue weighted by molar-refractivity contribution is -0.115. The smallest absolute Gasteiger partial charge is 0.264 e. The lowest BCUT2D eigenvalue weighted by Crippen LogP contribution is -2.19. The van der Waals surface area contributed by atoms with Crippen LogP contribution < -0.4 is 10.1 Å². The topological polar surface area (TPSA) is 50.7 Å². The summed E-state index contributed by atoms with van der Waals surface area (Å²) in [5.41, 5.74) is 2.41. The second-order valence-electron chi connectivity index (χ2n) is 6.38. The average molecular weight is 455 g/mol. The van der Waals surface area contributed by atoms with Crippen molar-refractivity contribution in [1.82, 2.24) is 5.32 Å². The Morgan fingerprint density at radius 3 is 2.50 bits per heavy atom. The highest BCUT2D eigenvalue weighted by Gasteiger charge is 2.24. The molecule has 0 aliphatic carbocycles. The Labute approximate surface area is 188 Å². The average Bonchev–Trinajstić information content (AvgIpc) is 3.09. The van der Waals surface area contributed by atoms with Crippen LogP contribution >= 0.6 is 35.0 Å². The van der Waals surface area contributed by atoms with Crippen LogP contribution in [0.3, 0.4) is 0 Å². The molecule has 7 heteroatoms. The SMILES string of the molecule is O=C1NC(=Nc2ccc(Cl)cc2)S/C1=C/c1ccccc1OCc1ccccc1Cl. The summed E-state index contributed by atoms with van der Waals surface area (Å²) < 4.78 is 5.97. The molecular formula is C23H16Cl2N2O2S. The Kier molecular flexibility index (Phi) is 6.43. The molecule has 4 rings (SSSR count). The van der Waals surface area contributed by atoms with E-state index in [1.807, 2.05) is 48.5 Å². The number of amides is 1. The van der Waals surface area contributed by atoms with Crippen molar-refractivity contribution in [1.29, 1.82) is 0 Å². The van der Waals surface area contributed by atoms with Gasteiger partial charge in [0.25, 0.3) is 5.91 Å². The molecule has 1 heterocycles. The van der Waals surface area contributed by atoms with Gasteiger partial charge in [-0.3, -0.25) is 4.79 Å². The van der Waals surface area contributed by atoms with E-state index in [1.165, 1.54) is 11.8 Å². The summed E-state index contributed by atoms with van der Waals surface area (Å²) in [5, 5.41) is 4.59. The number of ether oxygens (including phenoxy) is 1. The monoisotopic (exact) mass is 454 g/mol. The van der Waals surface area contributed by atoms with Crippen LogP contribution in [0.15, 0.2) is 82.7 Å². The van der Waals surface area contributed by atoms with Crippen LogP contribution in [0, 0.1) is 0 Å². The maximum Gasteiger partial charge on any atom is 0.264 e. The first-order chi connectivity index (χ1) is 14.6. The third kappa shape index (κ3) is 5.05. The van der Waals surface area contributed by atoms with Gasteiger partial charge in [0.1, 0.15) is 12.4 Å². The largest absolute Gasteiger partial charge is 0.488 e. The van der Waals surface area contributed by atoms with Crippen LogP contribution in [-0.2, 0) is 11.4 Å². The molecule has 1 N–H and O–H groups in total. The Morgan fingerprint density at radius 1 is 0.967 bits per heavy atom. The zero-order valence-corrected chi connectivity index (χ0v) is 18.0. The van der Waals surface area contributed by atoms with Gasteiger partial charge in [-0.1, -0.05) is 59.6 Å². The summed E-state index contributed by atoms with van der Waals surface area (Å²) >= 11 is 13.4. The second kappa shape index (κ2) is 9.39. The van der Waals surface area contributed by atoms with E-state index in [2.05, 4.69) is 10.3 Å². The fourth-order valence-electron chi connectivity index (χ4n) is 2.76. The van der Waals surface area contributed by atoms with E-state index in [-0.39, 0.29) is 5.91 Å². The minimum Gasteiger partial charge on any atom is -0.488 e. The first-order valence-electron chi connectivity index (χ1n) is 9.09. The lowest BCUT2D eigenvalue weighted by Gasteiger charge is -2.10. The molecule has 0 spiro atoms. The molecule has 150 valence electrons. The number of carbonyl (C=O) groups is 1. The standard InChI is InChI=1S/C23H16Cl2N2O2S/c24-17-9-11-18(12-10-17)26-23-27-22(28)21(30-23)13-15-5-2-4-8-20(15)29-14-16-6-1-3-7-19(16)25/h1-13H,14H2,(H,26,27,28)/b21-13+. The normalized spacial score (nSPS) is 16.1. The van der Waals surface area contributed by atoms with Gasteiger partial charge in [0.05, 0.1) is 10.6 Å². The predicted octanol–water partition coefficient (Wildman–Crippen LogP) is 6.46. The molecule has 0 saturated carbocycles. The zero-order chi connectivity index (χ0) is 20.9. The summed E-state index contributed by atoms with van der Waals surface area (Å²) in [5.74, 6) is 0.468.